The zero-order valence-electron chi connectivity index (χ0n) is 17.1. The molecule has 0 aliphatic carbocycles. The summed E-state index contributed by atoms with van der Waals surface area (Å²) in [5.41, 5.74) is 3.00. The lowest BCUT2D eigenvalue weighted by molar-refractivity contribution is -0.123. The summed E-state index contributed by atoms with van der Waals surface area (Å²) >= 11 is 0. The van der Waals surface area contributed by atoms with Crippen LogP contribution in [0.1, 0.15) is 25.2 Å². The molecule has 0 radical (unpaired) electrons. The van der Waals surface area contributed by atoms with Crippen LogP contribution in [0.25, 0.3) is 5.69 Å². The molecule has 0 bridgehead atoms. The second kappa shape index (κ2) is 9.78. The Kier molecular flexibility index (Phi) is 6.89. The van der Waals surface area contributed by atoms with Crippen LogP contribution in [0.2, 0.25) is 0 Å². The van der Waals surface area contributed by atoms with Crippen molar-refractivity contribution in [2.45, 2.75) is 33.2 Å². The zero-order valence-corrected chi connectivity index (χ0v) is 17.1. The molecule has 0 saturated carbocycles. The zero-order chi connectivity index (χ0) is 20.6. The van der Waals surface area contributed by atoms with Gasteiger partial charge >= 0.3 is 0 Å². The van der Waals surface area contributed by atoms with Crippen LogP contribution >= 0.6 is 0 Å². The Morgan fingerprint density at radius 2 is 1.72 bits per heavy atom. The van der Waals surface area contributed by atoms with Gasteiger partial charge in [0.2, 0.25) is 0 Å². The number of aryl methyl sites for hydroxylation is 1. The Hall–Kier alpha value is -3.28. The first-order chi connectivity index (χ1) is 14.0. The number of carbonyl (C=O) groups is 1. The van der Waals surface area contributed by atoms with Crippen molar-refractivity contribution in [3.8, 4) is 17.2 Å². The molecule has 3 rings (SSSR count). The van der Waals surface area contributed by atoms with Gasteiger partial charge in [0.05, 0.1) is 18.0 Å². The number of para-hydroxylation sites is 1. The Labute approximate surface area is 171 Å². The van der Waals surface area contributed by atoms with Crippen LogP contribution in [-0.4, -0.2) is 34.9 Å². The lowest BCUT2D eigenvalue weighted by atomic mass is 10.1. The quantitative estimate of drug-likeness (QED) is 0.602. The largest absolute Gasteiger partial charge is 0.494 e. The van der Waals surface area contributed by atoms with Gasteiger partial charge in [0.1, 0.15) is 11.5 Å². The van der Waals surface area contributed by atoms with E-state index in [-0.39, 0.29) is 18.6 Å². The minimum atomic E-state index is -0.158. The topological polar surface area (TPSA) is 65.4 Å². The molecule has 0 saturated heterocycles. The Morgan fingerprint density at radius 1 is 1.07 bits per heavy atom. The number of nitrogens with zero attached hydrogens (tertiary/aromatic N) is 2. The second-order valence-corrected chi connectivity index (χ2v) is 6.89. The SMILES string of the molecule is CCOc1ccc(OCC(=O)N[C@@H](C)Cc2cc(C)nn2-c2ccccc2)cc1. The molecule has 0 aliphatic heterocycles. The van der Waals surface area contributed by atoms with Crippen LogP contribution in [0, 0.1) is 6.92 Å². The number of benzene rings is 2. The van der Waals surface area contributed by atoms with Gasteiger partial charge in [-0.05, 0) is 63.2 Å². The van der Waals surface area contributed by atoms with Crippen LogP contribution in [0.3, 0.4) is 0 Å². The average Bonchev–Trinajstić information content (AvgIpc) is 3.08. The van der Waals surface area contributed by atoms with Crippen LogP contribution < -0.4 is 14.8 Å². The fourth-order valence-electron chi connectivity index (χ4n) is 3.12. The maximum absolute atomic E-state index is 12.3. The standard InChI is InChI=1S/C23H27N3O3/c1-4-28-21-10-12-22(13-11-21)29-16-23(27)24-17(2)14-20-15-18(3)25-26(20)19-8-6-5-7-9-19/h5-13,15,17H,4,14,16H2,1-3H3,(H,24,27)/t17-/m0/s1. The molecule has 0 fully saturated rings. The Balaban J connectivity index is 1.53. The van der Waals surface area contributed by atoms with Gasteiger partial charge in [0.15, 0.2) is 6.61 Å². The van der Waals surface area contributed by atoms with Gasteiger partial charge in [-0.2, -0.15) is 5.10 Å². The molecule has 0 unspecified atom stereocenters. The predicted molar refractivity (Wildman–Crippen MR) is 113 cm³/mol. The monoisotopic (exact) mass is 393 g/mol. The smallest absolute Gasteiger partial charge is 0.258 e. The van der Waals surface area contributed by atoms with E-state index >= 15 is 0 Å². The summed E-state index contributed by atoms with van der Waals surface area (Å²) in [6.07, 6.45) is 0.671. The maximum atomic E-state index is 12.3. The fraction of sp³-hybridized carbons (Fsp3) is 0.304. The first-order valence-corrected chi connectivity index (χ1v) is 9.81. The van der Waals surface area contributed by atoms with E-state index in [9.17, 15) is 4.79 Å². The maximum Gasteiger partial charge on any atom is 0.258 e. The van der Waals surface area contributed by atoms with E-state index in [4.69, 9.17) is 9.47 Å². The van der Waals surface area contributed by atoms with Gasteiger partial charge in [-0.15, -0.1) is 0 Å². The third kappa shape index (κ3) is 5.85. The molecular weight excluding hydrogens is 366 g/mol. The summed E-state index contributed by atoms with van der Waals surface area (Å²) in [4.78, 5) is 12.3. The Bertz CT molecular complexity index is 920. The van der Waals surface area contributed by atoms with Gasteiger partial charge in [-0.1, -0.05) is 18.2 Å². The van der Waals surface area contributed by atoms with E-state index in [2.05, 4.69) is 10.4 Å². The van der Waals surface area contributed by atoms with Crippen LogP contribution in [0.5, 0.6) is 11.5 Å². The fourth-order valence-corrected chi connectivity index (χ4v) is 3.12. The molecule has 1 heterocycles. The van der Waals surface area contributed by atoms with Crippen LogP contribution in [-0.2, 0) is 11.2 Å². The lowest BCUT2D eigenvalue weighted by Gasteiger charge is -2.15. The van der Waals surface area contributed by atoms with Crippen molar-refractivity contribution >= 4 is 5.91 Å². The average molecular weight is 393 g/mol. The molecule has 0 aliphatic rings. The molecule has 1 N–H and O–H groups in total. The summed E-state index contributed by atoms with van der Waals surface area (Å²) in [7, 11) is 0. The van der Waals surface area contributed by atoms with E-state index in [1.54, 1.807) is 12.1 Å². The van der Waals surface area contributed by atoms with Crippen LogP contribution in [0.4, 0.5) is 0 Å². The molecule has 6 heteroatoms. The molecule has 2 aromatic carbocycles. The van der Waals surface area contributed by atoms with Crippen molar-refractivity contribution in [2.75, 3.05) is 13.2 Å². The summed E-state index contributed by atoms with van der Waals surface area (Å²) in [6, 6.07) is 19.2. The van der Waals surface area contributed by atoms with Gasteiger partial charge < -0.3 is 14.8 Å². The summed E-state index contributed by atoms with van der Waals surface area (Å²) in [5.74, 6) is 1.26. The van der Waals surface area contributed by atoms with Gasteiger partial charge in [-0.25, -0.2) is 4.68 Å². The minimum absolute atomic E-state index is 0.0324. The number of hydrogen-bond acceptors (Lipinski definition) is 4. The molecule has 0 spiro atoms. The van der Waals surface area contributed by atoms with Crippen LogP contribution in [0.15, 0.2) is 60.7 Å². The summed E-state index contributed by atoms with van der Waals surface area (Å²) in [6.45, 7) is 6.46. The number of amides is 1. The van der Waals surface area contributed by atoms with Crippen molar-refractivity contribution < 1.29 is 14.3 Å². The number of rotatable bonds is 9. The van der Waals surface area contributed by atoms with Gasteiger partial charge in [0.25, 0.3) is 5.91 Å². The molecular formula is C23H27N3O3. The Morgan fingerprint density at radius 3 is 2.38 bits per heavy atom. The van der Waals surface area contributed by atoms with Crippen molar-refractivity contribution in [3.05, 3.63) is 72.1 Å². The highest BCUT2D eigenvalue weighted by molar-refractivity contribution is 5.77. The minimum Gasteiger partial charge on any atom is -0.494 e. The van der Waals surface area contributed by atoms with E-state index in [0.717, 1.165) is 22.8 Å². The van der Waals surface area contributed by atoms with Crippen molar-refractivity contribution in [3.63, 3.8) is 0 Å². The number of hydrogen-bond donors (Lipinski definition) is 1. The highest BCUT2D eigenvalue weighted by Crippen LogP contribution is 2.17. The van der Waals surface area contributed by atoms with E-state index in [0.29, 0.717) is 18.8 Å². The molecule has 152 valence electrons. The molecule has 1 atom stereocenters. The third-order valence-corrected chi connectivity index (χ3v) is 4.33. The molecule has 1 aromatic heterocycles. The highest BCUT2D eigenvalue weighted by atomic mass is 16.5. The van der Waals surface area contributed by atoms with Crippen molar-refractivity contribution in [2.24, 2.45) is 0 Å². The number of aromatic nitrogens is 2. The van der Waals surface area contributed by atoms with E-state index in [1.807, 2.05) is 74.0 Å². The molecule has 3 aromatic rings. The molecule has 29 heavy (non-hydrogen) atoms. The van der Waals surface area contributed by atoms with Crippen molar-refractivity contribution in [1.29, 1.82) is 0 Å². The predicted octanol–water partition coefficient (Wildman–Crippen LogP) is 3.71. The lowest BCUT2D eigenvalue weighted by Crippen LogP contribution is -2.37. The number of nitrogens with one attached hydrogen (secondary N) is 1. The third-order valence-electron chi connectivity index (χ3n) is 4.33. The highest BCUT2D eigenvalue weighted by Gasteiger charge is 2.14. The first-order valence-electron chi connectivity index (χ1n) is 9.81. The second-order valence-electron chi connectivity index (χ2n) is 6.89. The number of ether oxygens (including phenoxy) is 2. The van der Waals surface area contributed by atoms with E-state index in [1.165, 1.54) is 0 Å². The molecule has 1 amide bonds. The summed E-state index contributed by atoms with van der Waals surface area (Å²) < 4.78 is 12.9. The molecule has 6 nitrogen and oxygen atoms in total. The van der Waals surface area contributed by atoms with Crippen molar-refractivity contribution in [1.82, 2.24) is 15.1 Å². The number of carbonyl (C=O) groups excluding carboxylic acids is 1. The van der Waals surface area contributed by atoms with Gasteiger partial charge in [-0.3, -0.25) is 4.79 Å². The first kappa shape index (κ1) is 20.5. The van der Waals surface area contributed by atoms with Gasteiger partial charge in [0, 0.05) is 18.2 Å². The van der Waals surface area contributed by atoms with E-state index < -0.39 is 0 Å². The summed E-state index contributed by atoms with van der Waals surface area (Å²) in [5, 5.41) is 7.57. The normalized spacial score (nSPS) is 11.7.